The van der Waals surface area contributed by atoms with Crippen LogP contribution in [0.25, 0.3) is 6.08 Å². The highest BCUT2D eigenvalue weighted by Crippen LogP contribution is 2.32. The molecule has 0 aromatic heterocycles. The van der Waals surface area contributed by atoms with Crippen LogP contribution >= 0.6 is 0 Å². The number of hydrogen-bond donors (Lipinski definition) is 1. The second-order valence-electron chi connectivity index (χ2n) is 8.75. The van der Waals surface area contributed by atoms with Crippen molar-refractivity contribution in [2.45, 2.75) is 65.2 Å². The Morgan fingerprint density at radius 2 is 1.90 bits per heavy atom. The summed E-state index contributed by atoms with van der Waals surface area (Å²) in [6.45, 7) is 13.6. The predicted molar refractivity (Wildman–Crippen MR) is 117 cm³/mol. The van der Waals surface area contributed by atoms with Crippen molar-refractivity contribution in [2.75, 3.05) is 13.1 Å². The van der Waals surface area contributed by atoms with Crippen molar-refractivity contribution < 1.29 is 24.0 Å². The highest BCUT2D eigenvalue weighted by Gasteiger charge is 2.29. The number of nitro benzene ring substituents is 1. The maximum atomic E-state index is 12.9. The molecule has 170 valence electrons. The third-order valence-electron chi connectivity index (χ3n) is 4.64. The maximum absolute atomic E-state index is 12.9. The first-order chi connectivity index (χ1) is 14.4. The molecule has 0 atom stereocenters. The third kappa shape index (κ3) is 6.70. The van der Waals surface area contributed by atoms with Crippen LogP contribution in [0.2, 0.25) is 0 Å². The SMILES string of the molecule is C=Cc1cc(OC(C)C)c([N+](=O)[O-])cc1C(=O)NC1CCN(C(=O)OC(C)(C)C)CC1. The first kappa shape index (κ1) is 24.2. The van der Waals surface area contributed by atoms with Gasteiger partial charge in [0.2, 0.25) is 0 Å². The molecule has 1 aliphatic rings. The molecule has 1 saturated heterocycles. The molecule has 2 rings (SSSR count). The Balaban J connectivity index is 2.10. The molecule has 1 fully saturated rings. The van der Waals surface area contributed by atoms with Crippen LogP contribution in [-0.4, -0.2) is 52.7 Å². The minimum absolute atomic E-state index is 0.0946. The Labute approximate surface area is 182 Å². The third-order valence-corrected chi connectivity index (χ3v) is 4.64. The van der Waals surface area contributed by atoms with Crippen LogP contribution in [0.3, 0.4) is 0 Å². The molecule has 0 spiro atoms. The van der Waals surface area contributed by atoms with E-state index in [1.165, 1.54) is 18.2 Å². The highest BCUT2D eigenvalue weighted by atomic mass is 16.6. The Kier molecular flexibility index (Phi) is 7.65. The molecule has 1 aromatic rings. The van der Waals surface area contributed by atoms with Crippen molar-refractivity contribution in [2.24, 2.45) is 0 Å². The molecule has 1 aliphatic heterocycles. The maximum Gasteiger partial charge on any atom is 0.410 e. The van der Waals surface area contributed by atoms with Gasteiger partial charge in [0.25, 0.3) is 5.91 Å². The number of piperidine rings is 1. The van der Waals surface area contributed by atoms with Crippen molar-refractivity contribution >= 4 is 23.8 Å². The number of nitrogens with one attached hydrogen (secondary N) is 1. The number of ether oxygens (including phenoxy) is 2. The van der Waals surface area contributed by atoms with Crippen molar-refractivity contribution in [3.63, 3.8) is 0 Å². The monoisotopic (exact) mass is 433 g/mol. The number of hydrogen-bond acceptors (Lipinski definition) is 6. The van der Waals surface area contributed by atoms with E-state index in [1.54, 1.807) is 18.7 Å². The fourth-order valence-electron chi connectivity index (χ4n) is 3.24. The van der Waals surface area contributed by atoms with Gasteiger partial charge in [-0.15, -0.1) is 0 Å². The molecule has 0 saturated carbocycles. The fraction of sp³-hybridized carbons (Fsp3) is 0.545. The highest BCUT2D eigenvalue weighted by molar-refractivity contribution is 5.99. The van der Waals surface area contributed by atoms with Crippen molar-refractivity contribution in [1.29, 1.82) is 0 Å². The lowest BCUT2D eigenvalue weighted by Crippen LogP contribution is -2.47. The molecule has 9 nitrogen and oxygen atoms in total. The lowest BCUT2D eigenvalue weighted by molar-refractivity contribution is -0.386. The average Bonchev–Trinajstić information content (AvgIpc) is 2.66. The largest absolute Gasteiger partial charge is 0.484 e. The zero-order valence-corrected chi connectivity index (χ0v) is 18.8. The molecule has 9 heteroatoms. The summed E-state index contributed by atoms with van der Waals surface area (Å²) in [7, 11) is 0. The number of nitro groups is 1. The summed E-state index contributed by atoms with van der Waals surface area (Å²) in [6.07, 6.45) is 1.96. The van der Waals surface area contributed by atoms with Gasteiger partial charge in [-0.2, -0.15) is 0 Å². The van der Waals surface area contributed by atoms with Crippen LogP contribution in [0.5, 0.6) is 5.75 Å². The van der Waals surface area contributed by atoms with Crippen LogP contribution in [0, 0.1) is 10.1 Å². The van der Waals surface area contributed by atoms with Crippen molar-refractivity contribution in [3.05, 3.63) is 40.0 Å². The second-order valence-corrected chi connectivity index (χ2v) is 8.75. The number of carbonyl (C=O) groups excluding carboxylic acids is 2. The topological polar surface area (TPSA) is 111 Å². The first-order valence-electron chi connectivity index (χ1n) is 10.3. The molecule has 0 radical (unpaired) electrons. The molecule has 0 unspecified atom stereocenters. The van der Waals surface area contributed by atoms with Crippen molar-refractivity contribution in [1.82, 2.24) is 10.2 Å². The van der Waals surface area contributed by atoms with Crippen LogP contribution < -0.4 is 10.1 Å². The summed E-state index contributed by atoms with van der Waals surface area (Å²) in [5.41, 5.74) is -0.231. The van der Waals surface area contributed by atoms with Crippen LogP contribution in [0.1, 0.15) is 63.4 Å². The van der Waals surface area contributed by atoms with Gasteiger partial charge in [0, 0.05) is 25.2 Å². The lowest BCUT2D eigenvalue weighted by atomic mass is 10.0. The predicted octanol–water partition coefficient (Wildman–Crippen LogP) is 4.15. The van der Waals surface area contributed by atoms with E-state index < -0.39 is 16.4 Å². The standard InChI is InChI=1S/C22H31N3O6/c1-7-15-12-19(30-14(2)3)18(25(28)29)13-17(15)20(26)23-16-8-10-24(11-9-16)21(27)31-22(4,5)6/h7,12-14,16H,1,8-11H2,2-6H3,(H,23,26). The molecule has 0 aliphatic carbocycles. The Morgan fingerprint density at radius 3 is 2.39 bits per heavy atom. The van der Waals surface area contributed by atoms with E-state index in [9.17, 15) is 19.7 Å². The molecule has 2 amide bonds. The molecule has 1 N–H and O–H groups in total. The van der Waals surface area contributed by atoms with Crippen LogP contribution in [0.15, 0.2) is 18.7 Å². The molecule has 31 heavy (non-hydrogen) atoms. The van der Waals surface area contributed by atoms with E-state index >= 15 is 0 Å². The molecule has 0 bridgehead atoms. The summed E-state index contributed by atoms with van der Waals surface area (Å²) in [4.78, 5) is 37.6. The lowest BCUT2D eigenvalue weighted by Gasteiger charge is -2.33. The summed E-state index contributed by atoms with van der Waals surface area (Å²) < 4.78 is 10.9. The number of nitrogens with zero attached hydrogens (tertiary/aromatic N) is 2. The normalized spacial score (nSPS) is 14.8. The smallest absolute Gasteiger partial charge is 0.410 e. The van der Waals surface area contributed by atoms with Gasteiger partial charge in [-0.3, -0.25) is 14.9 Å². The number of rotatable bonds is 6. The summed E-state index contributed by atoms with van der Waals surface area (Å²) in [5, 5.41) is 14.4. The van der Waals surface area contributed by atoms with E-state index in [2.05, 4.69) is 11.9 Å². The van der Waals surface area contributed by atoms with Gasteiger partial charge < -0.3 is 19.7 Å². The first-order valence-corrected chi connectivity index (χ1v) is 10.3. The van der Waals surface area contributed by atoms with Gasteiger partial charge >= 0.3 is 11.8 Å². The Morgan fingerprint density at radius 1 is 1.29 bits per heavy atom. The summed E-state index contributed by atoms with van der Waals surface area (Å²) in [5.74, 6) is -0.332. The molecular weight excluding hydrogens is 402 g/mol. The fourth-order valence-corrected chi connectivity index (χ4v) is 3.24. The Bertz CT molecular complexity index is 852. The summed E-state index contributed by atoms with van der Waals surface area (Å²) in [6, 6.07) is 2.53. The molecule has 1 aromatic carbocycles. The van der Waals surface area contributed by atoms with E-state index in [4.69, 9.17) is 9.47 Å². The van der Waals surface area contributed by atoms with Gasteiger partial charge in [0.15, 0.2) is 5.75 Å². The zero-order chi connectivity index (χ0) is 23.3. The van der Waals surface area contributed by atoms with E-state index in [0.717, 1.165) is 0 Å². The minimum Gasteiger partial charge on any atom is -0.484 e. The quantitative estimate of drug-likeness (QED) is 0.533. The van der Waals surface area contributed by atoms with Gasteiger partial charge in [0.1, 0.15) is 5.60 Å². The number of likely N-dealkylation sites (tertiary alicyclic amines) is 1. The summed E-state index contributed by atoms with van der Waals surface area (Å²) >= 11 is 0. The second kappa shape index (κ2) is 9.80. The van der Waals surface area contributed by atoms with Gasteiger partial charge in [-0.05, 0) is 59.1 Å². The van der Waals surface area contributed by atoms with Crippen LogP contribution in [-0.2, 0) is 4.74 Å². The van der Waals surface area contributed by atoms with Gasteiger partial charge in [-0.1, -0.05) is 12.7 Å². The number of carbonyl (C=O) groups is 2. The number of benzene rings is 1. The van der Waals surface area contributed by atoms with E-state index in [1.807, 2.05) is 20.8 Å². The van der Waals surface area contributed by atoms with E-state index in [-0.39, 0.29) is 35.2 Å². The number of amides is 2. The molecule has 1 heterocycles. The molecular formula is C22H31N3O6. The van der Waals surface area contributed by atoms with Crippen molar-refractivity contribution in [3.8, 4) is 5.75 Å². The zero-order valence-electron chi connectivity index (χ0n) is 18.8. The Hall–Kier alpha value is -3.10. The van der Waals surface area contributed by atoms with E-state index in [0.29, 0.717) is 31.5 Å². The van der Waals surface area contributed by atoms with Crippen LogP contribution in [0.4, 0.5) is 10.5 Å². The minimum atomic E-state index is -0.569. The van der Waals surface area contributed by atoms with Gasteiger partial charge in [-0.25, -0.2) is 4.79 Å². The van der Waals surface area contributed by atoms with Gasteiger partial charge in [0.05, 0.1) is 16.6 Å². The average molecular weight is 434 g/mol.